The molecule has 10 heteroatoms. The smallest absolute Gasteiger partial charge is 0.255 e. The van der Waals surface area contributed by atoms with Crippen LogP contribution in [0.25, 0.3) is 33.7 Å². The van der Waals surface area contributed by atoms with Crippen LogP contribution in [0.1, 0.15) is 55.8 Å². The average Bonchev–Trinajstić information content (AvgIpc) is 3.80. The fourth-order valence-electron chi connectivity index (χ4n) is 8.13. The summed E-state index contributed by atoms with van der Waals surface area (Å²) < 4.78 is 16.0. The van der Waals surface area contributed by atoms with Crippen LogP contribution in [0.5, 0.6) is 5.88 Å². The summed E-state index contributed by atoms with van der Waals surface area (Å²) in [6.45, 7) is 5.27. The number of aromatic nitrogens is 5. The first kappa shape index (κ1) is 25.2. The van der Waals surface area contributed by atoms with Crippen molar-refractivity contribution in [1.82, 2.24) is 29.0 Å². The van der Waals surface area contributed by atoms with Gasteiger partial charge in [0.15, 0.2) is 11.5 Å². The van der Waals surface area contributed by atoms with Crippen LogP contribution in [0.3, 0.4) is 0 Å². The number of hydrogen-bond acceptors (Lipinski definition) is 7. The first-order valence-corrected chi connectivity index (χ1v) is 15.1. The molecule has 0 radical (unpaired) electrons. The lowest BCUT2D eigenvalue weighted by atomic mass is 9.69. The van der Waals surface area contributed by atoms with Crippen molar-refractivity contribution in [3.63, 3.8) is 0 Å². The van der Waals surface area contributed by atoms with E-state index in [1.54, 1.807) is 13.3 Å². The number of methoxy groups -OCH3 is 1. The van der Waals surface area contributed by atoms with Crippen LogP contribution in [-0.4, -0.2) is 72.8 Å². The van der Waals surface area contributed by atoms with Crippen LogP contribution in [0.15, 0.2) is 30.5 Å². The molecule has 4 aromatic heterocycles. The maximum absolute atomic E-state index is 13.6. The number of carbonyl (C=O) groups is 1. The van der Waals surface area contributed by atoms with Crippen LogP contribution in [0.4, 0.5) is 0 Å². The largest absolute Gasteiger partial charge is 0.481 e. The second kappa shape index (κ2) is 9.25. The molecule has 1 amide bonds. The van der Waals surface area contributed by atoms with E-state index < -0.39 is 0 Å². The second-order valence-corrected chi connectivity index (χ2v) is 12.5. The van der Waals surface area contributed by atoms with Gasteiger partial charge in [-0.15, -0.1) is 0 Å². The highest BCUT2D eigenvalue weighted by Crippen LogP contribution is 2.48. The minimum atomic E-state index is 0.0106. The zero-order valence-electron chi connectivity index (χ0n) is 23.8. The maximum Gasteiger partial charge on any atom is 0.255 e. The highest BCUT2D eigenvalue weighted by atomic mass is 16.5. The third kappa shape index (κ3) is 3.83. The quantitative estimate of drug-likeness (QED) is 0.383. The molecule has 8 rings (SSSR count). The van der Waals surface area contributed by atoms with E-state index in [-0.39, 0.29) is 23.6 Å². The van der Waals surface area contributed by atoms with Gasteiger partial charge in [0.1, 0.15) is 11.2 Å². The lowest BCUT2D eigenvalue weighted by Gasteiger charge is -2.44. The predicted molar refractivity (Wildman–Crippen MR) is 155 cm³/mol. The van der Waals surface area contributed by atoms with Gasteiger partial charge in [-0.1, -0.05) is 0 Å². The lowest BCUT2D eigenvalue weighted by Crippen LogP contribution is -2.44. The molecule has 2 saturated heterocycles. The van der Waals surface area contributed by atoms with E-state index in [2.05, 4.69) is 22.1 Å². The van der Waals surface area contributed by atoms with Crippen molar-refractivity contribution in [3.05, 3.63) is 36.0 Å². The van der Waals surface area contributed by atoms with Crippen molar-refractivity contribution < 1.29 is 14.3 Å². The summed E-state index contributed by atoms with van der Waals surface area (Å²) >= 11 is 0. The Morgan fingerprint density at radius 2 is 2.05 bits per heavy atom. The van der Waals surface area contributed by atoms with Gasteiger partial charge in [-0.25, -0.2) is 9.97 Å². The van der Waals surface area contributed by atoms with Crippen LogP contribution in [-0.2, 0) is 17.8 Å². The normalized spacial score (nSPS) is 28.8. The van der Waals surface area contributed by atoms with Gasteiger partial charge >= 0.3 is 0 Å². The summed E-state index contributed by atoms with van der Waals surface area (Å²) in [5, 5.41) is 1.03. The monoisotopic (exact) mass is 555 g/mol. The SMILES string of the molecule is CCn1c(-c2nc3cc(C(=O)N4C[C@H]5CC[C@@H]4[C@@H]5N)cnc3n2CC2CC3(CCCO3)C2)cc2ccc(OC)nc21. The zero-order valence-corrected chi connectivity index (χ0v) is 23.8. The molecule has 2 bridgehead atoms. The molecule has 6 heterocycles. The van der Waals surface area contributed by atoms with Crippen LogP contribution in [0, 0.1) is 11.8 Å². The molecule has 214 valence electrons. The van der Waals surface area contributed by atoms with Gasteiger partial charge in [0.25, 0.3) is 5.91 Å². The van der Waals surface area contributed by atoms with Crippen molar-refractivity contribution in [2.24, 2.45) is 17.6 Å². The number of ether oxygens (including phenoxy) is 2. The van der Waals surface area contributed by atoms with E-state index in [1.165, 1.54) is 0 Å². The van der Waals surface area contributed by atoms with Crippen molar-refractivity contribution in [3.8, 4) is 17.4 Å². The number of imidazole rings is 1. The minimum absolute atomic E-state index is 0.0106. The summed E-state index contributed by atoms with van der Waals surface area (Å²) in [7, 11) is 1.64. The van der Waals surface area contributed by atoms with Crippen LogP contribution >= 0.6 is 0 Å². The molecule has 10 nitrogen and oxygen atoms in total. The molecule has 0 aromatic carbocycles. The lowest BCUT2D eigenvalue weighted by molar-refractivity contribution is -0.0939. The number of nitrogens with two attached hydrogens (primary N) is 1. The number of aryl methyl sites for hydroxylation is 1. The number of amides is 1. The van der Waals surface area contributed by atoms with E-state index in [9.17, 15) is 4.79 Å². The van der Waals surface area contributed by atoms with Gasteiger partial charge in [-0.3, -0.25) is 4.79 Å². The molecular formula is C31H37N7O3. The third-order valence-corrected chi connectivity index (χ3v) is 10.2. The van der Waals surface area contributed by atoms with Crippen LogP contribution < -0.4 is 10.5 Å². The third-order valence-electron chi connectivity index (χ3n) is 10.2. The highest BCUT2D eigenvalue weighted by molar-refractivity contribution is 5.97. The Morgan fingerprint density at radius 3 is 2.76 bits per heavy atom. The molecule has 2 N–H and O–H groups in total. The number of rotatable bonds is 6. The molecule has 1 spiro atoms. The number of pyridine rings is 2. The Morgan fingerprint density at radius 1 is 1.17 bits per heavy atom. The molecule has 2 saturated carbocycles. The van der Waals surface area contributed by atoms with Crippen molar-refractivity contribution in [1.29, 1.82) is 0 Å². The number of carbonyl (C=O) groups excluding carboxylic acids is 1. The summed E-state index contributed by atoms with van der Waals surface area (Å²) in [5.41, 5.74) is 10.5. The van der Waals surface area contributed by atoms with Crippen molar-refractivity contribution in [2.45, 2.75) is 76.2 Å². The molecule has 4 fully saturated rings. The highest BCUT2D eigenvalue weighted by Gasteiger charge is 2.48. The van der Waals surface area contributed by atoms with Gasteiger partial charge in [0, 0.05) is 56.0 Å². The Hall–Kier alpha value is -3.50. The Kier molecular flexibility index (Phi) is 5.69. The molecule has 41 heavy (non-hydrogen) atoms. The molecule has 2 aliphatic heterocycles. The Labute approximate surface area is 238 Å². The number of fused-ring (bicyclic) bond motifs is 4. The molecule has 4 aliphatic rings. The first-order valence-electron chi connectivity index (χ1n) is 15.1. The van der Waals surface area contributed by atoms with Gasteiger partial charge in [0.05, 0.1) is 24.0 Å². The molecule has 4 aromatic rings. The van der Waals surface area contributed by atoms with E-state index in [4.69, 9.17) is 30.2 Å². The van der Waals surface area contributed by atoms with Gasteiger partial charge < -0.3 is 29.2 Å². The summed E-state index contributed by atoms with van der Waals surface area (Å²) in [5.74, 6) is 2.35. The molecule has 2 aliphatic carbocycles. The Balaban J connectivity index is 1.21. The van der Waals surface area contributed by atoms with Gasteiger partial charge in [-0.05, 0) is 75.5 Å². The van der Waals surface area contributed by atoms with Crippen molar-refractivity contribution >= 4 is 28.1 Å². The first-order chi connectivity index (χ1) is 20.0. The molecule has 3 atom stereocenters. The van der Waals surface area contributed by atoms with Gasteiger partial charge in [-0.2, -0.15) is 4.98 Å². The van der Waals surface area contributed by atoms with Gasteiger partial charge in [0.2, 0.25) is 5.88 Å². The standard InChI is InChI=1S/C31H37N7O3/c1-3-36-24(12-19-6-8-25(40-2)35-27(19)36)29-34-22-11-21(30(39)37-17-20-5-7-23(37)26(20)32)15-33-28(22)38(29)16-18-13-31(14-18)9-4-10-41-31/h6,8,11-12,15,18,20,23,26H,3-5,7,9-10,13-14,16-17,32H2,1-2H3/t18?,20-,23-,26-,31?/m1/s1. The summed E-state index contributed by atoms with van der Waals surface area (Å²) in [6, 6.07) is 8.22. The summed E-state index contributed by atoms with van der Waals surface area (Å²) in [6.07, 6.45) is 8.27. The number of hydrogen-bond donors (Lipinski definition) is 1. The zero-order chi connectivity index (χ0) is 27.9. The van der Waals surface area contributed by atoms with Crippen LogP contribution in [0.2, 0.25) is 0 Å². The fourth-order valence-corrected chi connectivity index (χ4v) is 8.13. The van der Waals surface area contributed by atoms with E-state index in [0.29, 0.717) is 23.3 Å². The minimum Gasteiger partial charge on any atom is -0.481 e. The molecular weight excluding hydrogens is 518 g/mol. The van der Waals surface area contributed by atoms with E-state index in [0.717, 1.165) is 98.5 Å². The predicted octanol–water partition coefficient (Wildman–Crippen LogP) is 4.00. The second-order valence-electron chi connectivity index (χ2n) is 12.5. The average molecular weight is 556 g/mol. The topological polar surface area (TPSA) is 113 Å². The Bertz CT molecular complexity index is 1660. The number of nitrogens with zero attached hydrogens (tertiary/aromatic N) is 6. The fraction of sp³-hybridized carbons (Fsp3) is 0.548. The number of piperidine rings is 1. The number of likely N-dealkylation sites (tertiary alicyclic amines) is 1. The maximum atomic E-state index is 13.6. The van der Waals surface area contributed by atoms with E-state index in [1.807, 2.05) is 23.1 Å². The molecule has 0 unspecified atom stereocenters. The summed E-state index contributed by atoms with van der Waals surface area (Å²) in [4.78, 5) is 30.3. The van der Waals surface area contributed by atoms with E-state index >= 15 is 0 Å². The van der Waals surface area contributed by atoms with Crippen molar-refractivity contribution in [2.75, 3.05) is 20.3 Å².